The zero-order valence-corrected chi connectivity index (χ0v) is 13.2. The molecule has 0 spiro atoms. The third-order valence-electron chi connectivity index (χ3n) is 4.09. The molecule has 0 radical (unpaired) electrons. The summed E-state index contributed by atoms with van der Waals surface area (Å²) < 4.78 is 5.34. The Morgan fingerprint density at radius 1 is 1.21 bits per heavy atom. The SMILES string of the molecule is CN1Cc2cnc(Cc3nc(-c4ccc(C#N)cc4)no3)cc2C1. The Morgan fingerprint density at radius 3 is 2.79 bits per heavy atom. The highest BCUT2D eigenvalue weighted by molar-refractivity contribution is 5.55. The van der Waals surface area contributed by atoms with Gasteiger partial charge >= 0.3 is 0 Å². The third kappa shape index (κ3) is 2.77. The molecule has 0 N–H and O–H groups in total. The summed E-state index contributed by atoms with van der Waals surface area (Å²) in [6.07, 6.45) is 2.45. The second-order valence-electron chi connectivity index (χ2n) is 5.99. The van der Waals surface area contributed by atoms with E-state index in [2.05, 4.69) is 39.2 Å². The molecule has 0 saturated heterocycles. The standard InChI is InChI=1S/C18H15N5O/c1-23-10-14-6-16(20-9-15(14)11-23)7-17-21-18(22-24-17)13-4-2-12(8-19)3-5-13/h2-6,9H,7,10-11H2,1H3. The van der Waals surface area contributed by atoms with Crippen molar-refractivity contribution in [3.8, 4) is 17.5 Å². The lowest BCUT2D eigenvalue weighted by Gasteiger charge is -2.02. The molecular weight excluding hydrogens is 302 g/mol. The van der Waals surface area contributed by atoms with Gasteiger partial charge in [-0.15, -0.1) is 0 Å². The van der Waals surface area contributed by atoms with Gasteiger partial charge in [-0.1, -0.05) is 5.16 Å². The van der Waals surface area contributed by atoms with Crippen LogP contribution < -0.4 is 0 Å². The normalized spacial score (nSPS) is 13.7. The summed E-state index contributed by atoms with van der Waals surface area (Å²) in [5.74, 6) is 1.06. The van der Waals surface area contributed by atoms with E-state index in [1.165, 1.54) is 11.1 Å². The van der Waals surface area contributed by atoms with Gasteiger partial charge in [0.05, 0.1) is 23.7 Å². The van der Waals surface area contributed by atoms with Crippen LogP contribution in [0.4, 0.5) is 0 Å². The van der Waals surface area contributed by atoms with Crippen LogP contribution in [-0.2, 0) is 19.5 Å². The summed E-state index contributed by atoms with van der Waals surface area (Å²) in [5.41, 5.74) is 4.96. The average molecular weight is 317 g/mol. The molecule has 0 saturated carbocycles. The van der Waals surface area contributed by atoms with E-state index in [0.717, 1.165) is 24.3 Å². The Kier molecular flexibility index (Phi) is 3.56. The number of benzene rings is 1. The molecule has 0 aliphatic carbocycles. The van der Waals surface area contributed by atoms with Crippen molar-refractivity contribution >= 4 is 0 Å². The van der Waals surface area contributed by atoms with Gasteiger partial charge < -0.3 is 4.52 Å². The Bertz CT molecular complexity index is 923. The van der Waals surface area contributed by atoms with Crippen LogP contribution in [-0.4, -0.2) is 27.1 Å². The molecule has 0 atom stereocenters. The van der Waals surface area contributed by atoms with Crippen LogP contribution in [0.1, 0.15) is 28.3 Å². The van der Waals surface area contributed by atoms with E-state index in [-0.39, 0.29) is 0 Å². The zero-order chi connectivity index (χ0) is 16.5. The van der Waals surface area contributed by atoms with Gasteiger partial charge in [0, 0.05) is 24.8 Å². The zero-order valence-electron chi connectivity index (χ0n) is 13.2. The molecule has 118 valence electrons. The van der Waals surface area contributed by atoms with Crippen LogP contribution in [0, 0.1) is 11.3 Å². The fourth-order valence-corrected chi connectivity index (χ4v) is 2.89. The summed E-state index contributed by atoms with van der Waals surface area (Å²) in [7, 11) is 2.10. The van der Waals surface area contributed by atoms with Crippen LogP contribution in [0.2, 0.25) is 0 Å². The molecule has 24 heavy (non-hydrogen) atoms. The van der Waals surface area contributed by atoms with Gasteiger partial charge in [0.2, 0.25) is 11.7 Å². The van der Waals surface area contributed by atoms with Gasteiger partial charge in [-0.2, -0.15) is 10.2 Å². The molecule has 0 fully saturated rings. The van der Waals surface area contributed by atoms with Crippen molar-refractivity contribution < 1.29 is 4.52 Å². The predicted octanol–water partition coefficient (Wildman–Crippen LogP) is 2.54. The van der Waals surface area contributed by atoms with Crippen LogP contribution in [0.3, 0.4) is 0 Å². The van der Waals surface area contributed by atoms with Crippen LogP contribution >= 0.6 is 0 Å². The van der Waals surface area contributed by atoms with Crippen molar-refractivity contribution in [2.75, 3.05) is 7.05 Å². The second-order valence-corrected chi connectivity index (χ2v) is 5.99. The minimum atomic E-state index is 0.514. The lowest BCUT2D eigenvalue weighted by molar-refractivity contribution is 0.353. The van der Waals surface area contributed by atoms with E-state index in [0.29, 0.717) is 23.7 Å². The van der Waals surface area contributed by atoms with E-state index in [1.807, 2.05) is 18.3 Å². The van der Waals surface area contributed by atoms with E-state index < -0.39 is 0 Å². The fourth-order valence-electron chi connectivity index (χ4n) is 2.89. The molecule has 1 aliphatic heterocycles. The number of pyridine rings is 1. The number of fused-ring (bicyclic) bond motifs is 1. The van der Waals surface area contributed by atoms with Crippen LogP contribution in [0.15, 0.2) is 41.1 Å². The van der Waals surface area contributed by atoms with Crippen molar-refractivity contribution in [2.45, 2.75) is 19.5 Å². The number of rotatable bonds is 3. The van der Waals surface area contributed by atoms with Gasteiger partial charge in [0.1, 0.15) is 0 Å². The van der Waals surface area contributed by atoms with Crippen LogP contribution in [0.25, 0.3) is 11.4 Å². The number of hydrogen-bond acceptors (Lipinski definition) is 6. The van der Waals surface area contributed by atoms with Crippen molar-refractivity contribution in [1.82, 2.24) is 20.0 Å². The largest absolute Gasteiger partial charge is 0.339 e. The maximum absolute atomic E-state index is 8.84. The second kappa shape index (κ2) is 5.87. The predicted molar refractivity (Wildman–Crippen MR) is 86.7 cm³/mol. The smallest absolute Gasteiger partial charge is 0.232 e. The van der Waals surface area contributed by atoms with Gasteiger partial charge in [-0.05, 0) is 48.5 Å². The number of aromatic nitrogens is 3. The number of nitrogens with zero attached hydrogens (tertiary/aromatic N) is 5. The highest BCUT2D eigenvalue weighted by Gasteiger charge is 2.17. The summed E-state index contributed by atoms with van der Waals surface area (Å²) >= 11 is 0. The van der Waals surface area contributed by atoms with Crippen molar-refractivity contribution in [1.29, 1.82) is 5.26 Å². The van der Waals surface area contributed by atoms with E-state index in [9.17, 15) is 0 Å². The number of nitriles is 1. The van der Waals surface area contributed by atoms with Gasteiger partial charge in [-0.3, -0.25) is 9.88 Å². The lowest BCUT2D eigenvalue weighted by atomic mass is 10.1. The molecule has 6 heteroatoms. The minimum absolute atomic E-state index is 0.514. The molecule has 2 aromatic heterocycles. The summed E-state index contributed by atoms with van der Waals surface area (Å²) in [6.45, 7) is 1.90. The van der Waals surface area contributed by atoms with E-state index in [1.54, 1.807) is 12.1 Å². The quantitative estimate of drug-likeness (QED) is 0.738. The molecule has 0 amide bonds. The van der Waals surface area contributed by atoms with E-state index >= 15 is 0 Å². The molecule has 1 aliphatic rings. The Morgan fingerprint density at radius 2 is 2.00 bits per heavy atom. The minimum Gasteiger partial charge on any atom is -0.339 e. The third-order valence-corrected chi connectivity index (χ3v) is 4.09. The highest BCUT2D eigenvalue weighted by atomic mass is 16.5. The van der Waals surface area contributed by atoms with Crippen LogP contribution in [0.5, 0.6) is 0 Å². The summed E-state index contributed by atoms with van der Waals surface area (Å²) in [5, 5.41) is 12.9. The Balaban J connectivity index is 1.53. The Hall–Kier alpha value is -3.04. The number of hydrogen-bond donors (Lipinski definition) is 0. The monoisotopic (exact) mass is 317 g/mol. The first kappa shape index (κ1) is 14.5. The first-order chi connectivity index (χ1) is 11.7. The van der Waals surface area contributed by atoms with Gasteiger partial charge in [-0.25, -0.2) is 0 Å². The van der Waals surface area contributed by atoms with Gasteiger partial charge in [0.25, 0.3) is 0 Å². The summed E-state index contributed by atoms with van der Waals surface area (Å²) in [6, 6.07) is 11.3. The molecule has 0 unspecified atom stereocenters. The first-order valence-corrected chi connectivity index (χ1v) is 7.69. The molecule has 1 aromatic carbocycles. The molecule has 0 bridgehead atoms. The maximum Gasteiger partial charge on any atom is 0.232 e. The van der Waals surface area contributed by atoms with E-state index in [4.69, 9.17) is 9.78 Å². The molecule has 3 aromatic rings. The molecule has 6 nitrogen and oxygen atoms in total. The van der Waals surface area contributed by atoms with Gasteiger partial charge in [0.15, 0.2) is 0 Å². The molecule has 4 rings (SSSR count). The van der Waals surface area contributed by atoms with Crippen molar-refractivity contribution in [3.05, 3.63) is 64.8 Å². The lowest BCUT2D eigenvalue weighted by Crippen LogP contribution is -2.07. The van der Waals surface area contributed by atoms with Crippen molar-refractivity contribution in [2.24, 2.45) is 0 Å². The first-order valence-electron chi connectivity index (χ1n) is 7.69. The summed E-state index contributed by atoms with van der Waals surface area (Å²) in [4.78, 5) is 11.2. The highest BCUT2D eigenvalue weighted by Crippen LogP contribution is 2.22. The fraction of sp³-hybridized carbons (Fsp3) is 0.222. The average Bonchev–Trinajstić information content (AvgIpc) is 3.20. The van der Waals surface area contributed by atoms with Crippen molar-refractivity contribution in [3.63, 3.8) is 0 Å². The molecular formula is C18H15N5O. The topological polar surface area (TPSA) is 78.8 Å². The molecule has 3 heterocycles. The Labute approximate surface area is 139 Å². The maximum atomic E-state index is 8.84.